The van der Waals surface area contributed by atoms with E-state index in [1.165, 1.54) is 22.3 Å². The molecule has 2 nitrogen and oxygen atoms in total. The third kappa shape index (κ3) is 4.50. The van der Waals surface area contributed by atoms with Gasteiger partial charge in [0.05, 0.1) is 27.6 Å². The maximum atomic E-state index is 6.38. The SMILES string of the molecule is Cc1ccc(CN2c3cc(Cl)c(Cl)cc3N(Cc3ccc(C)cc3)C2C)cc1.Cl. The summed E-state index contributed by atoms with van der Waals surface area (Å²) in [5, 5.41) is 1.19. The van der Waals surface area contributed by atoms with Gasteiger partial charge in [-0.15, -0.1) is 12.4 Å². The molecule has 3 aromatic rings. The molecule has 5 heteroatoms. The highest BCUT2D eigenvalue weighted by molar-refractivity contribution is 6.42. The van der Waals surface area contributed by atoms with Gasteiger partial charge < -0.3 is 9.80 Å². The Balaban J connectivity index is 0.00000240. The Morgan fingerprint density at radius 2 is 1.03 bits per heavy atom. The Hall–Kier alpha value is -1.87. The Kier molecular flexibility index (Phi) is 6.68. The van der Waals surface area contributed by atoms with Crippen molar-refractivity contribution in [3.05, 3.63) is 93.0 Å². The molecule has 152 valence electrons. The molecule has 0 saturated carbocycles. The summed E-state index contributed by atoms with van der Waals surface area (Å²) in [7, 11) is 0. The molecule has 0 saturated heterocycles. The maximum absolute atomic E-state index is 6.38. The van der Waals surface area contributed by atoms with E-state index in [0.29, 0.717) is 10.0 Å². The van der Waals surface area contributed by atoms with Gasteiger partial charge in [-0.2, -0.15) is 0 Å². The minimum absolute atomic E-state index is 0. The lowest BCUT2D eigenvalue weighted by Gasteiger charge is -2.30. The lowest BCUT2D eigenvalue weighted by molar-refractivity contribution is 0.617. The molecule has 4 rings (SSSR count). The van der Waals surface area contributed by atoms with Crippen molar-refractivity contribution >= 4 is 47.0 Å². The first-order valence-electron chi connectivity index (χ1n) is 9.56. The lowest BCUT2D eigenvalue weighted by atomic mass is 10.1. The summed E-state index contributed by atoms with van der Waals surface area (Å²) in [6.07, 6.45) is 0.201. The van der Waals surface area contributed by atoms with Crippen molar-refractivity contribution in [1.82, 2.24) is 0 Å². The average Bonchev–Trinajstić information content (AvgIpc) is 2.91. The molecular weight excluding hydrogens is 423 g/mol. The van der Waals surface area contributed by atoms with Gasteiger partial charge in [-0.25, -0.2) is 0 Å². The van der Waals surface area contributed by atoms with Crippen LogP contribution in [-0.4, -0.2) is 6.17 Å². The Morgan fingerprint density at radius 1 is 0.690 bits per heavy atom. The third-order valence-electron chi connectivity index (χ3n) is 5.49. The Morgan fingerprint density at radius 3 is 1.38 bits per heavy atom. The van der Waals surface area contributed by atoms with Gasteiger partial charge in [-0.05, 0) is 44.0 Å². The number of nitrogens with zero attached hydrogens (tertiary/aromatic N) is 2. The predicted octanol–water partition coefficient (Wildman–Crippen LogP) is 7.40. The molecule has 0 fully saturated rings. The van der Waals surface area contributed by atoms with E-state index in [1.807, 2.05) is 12.1 Å². The van der Waals surface area contributed by atoms with E-state index in [-0.39, 0.29) is 18.6 Å². The number of rotatable bonds is 4. The summed E-state index contributed by atoms with van der Waals surface area (Å²) in [5.74, 6) is 0. The number of fused-ring (bicyclic) bond motifs is 1. The van der Waals surface area contributed by atoms with Crippen LogP contribution in [0.15, 0.2) is 60.7 Å². The quantitative estimate of drug-likeness (QED) is 0.411. The molecule has 0 atom stereocenters. The molecule has 0 radical (unpaired) electrons. The molecule has 0 amide bonds. The number of hydrogen-bond acceptors (Lipinski definition) is 2. The van der Waals surface area contributed by atoms with Crippen molar-refractivity contribution in [2.75, 3.05) is 9.80 Å². The highest BCUT2D eigenvalue weighted by Gasteiger charge is 2.33. The van der Waals surface area contributed by atoms with Gasteiger partial charge in [-0.1, -0.05) is 82.9 Å². The van der Waals surface area contributed by atoms with Crippen LogP contribution in [0.4, 0.5) is 11.4 Å². The summed E-state index contributed by atoms with van der Waals surface area (Å²) in [4.78, 5) is 4.80. The normalized spacial score (nSPS) is 13.4. The second-order valence-corrected chi connectivity index (χ2v) is 8.43. The number of anilines is 2. The third-order valence-corrected chi connectivity index (χ3v) is 6.21. The van der Waals surface area contributed by atoms with E-state index in [4.69, 9.17) is 23.2 Å². The van der Waals surface area contributed by atoms with Crippen LogP contribution in [0.5, 0.6) is 0 Å². The molecule has 0 N–H and O–H groups in total. The first-order chi connectivity index (χ1) is 13.4. The minimum atomic E-state index is 0. The average molecular weight is 448 g/mol. The summed E-state index contributed by atoms with van der Waals surface area (Å²) in [6.45, 7) is 8.13. The van der Waals surface area contributed by atoms with Gasteiger partial charge in [0, 0.05) is 13.1 Å². The van der Waals surface area contributed by atoms with Crippen molar-refractivity contribution in [1.29, 1.82) is 0 Å². The largest absolute Gasteiger partial charge is 0.345 e. The topological polar surface area (TPSA) is 6.48 Å². The van der Waals surface area contributed by atoms with Crippen LogP contribution in [-0.2, 0) is 13.1 Å². The molecule has 0 aliphatic carbocycles. The molecule has 0 unspecified atom stereocenters. The molecular formula is C24H25Cl3N2. The molecule has 1 aliphatic heterocycles. The van der Waals surface area contributed by atoms with Crippen LogP contribution in [0.2, 0.25) is 10.0 Å². The predicted molar refractivity (Wildman–Crippen MR) is 128 cm³/mol. The van der Waals surface area contributed by atoms with Crippen LogP contribution < -0.4 is 9.80 Å². The fraction of sp³-hybridized carbons (Fsp3) is 0.250. The zero-order valence-electron chi connectivity index (χ0n) is 16.8. The van der Waals surface area contributed by atoms with Gasteiger partial charge in [-0.3, -0.25) is 0 Å². The summed E-state index contributed by atoms with van der Waals surface area (Å²) in [5.41, 5.74) is 7.38. The van der Waals surface area contributed by atoms with Crippen molar-refractivity contribution in [2.24, 2.45) is 0 Å². The number of hydrogen-bond donors (Lipinski definition) is 0. The summed E-state index contributed by atoms with van der Waals surface area (Å²) < 4.78 is 0. The van der Waals surface area contributed by atoms with Crippen molar-refractivity contribution < 1.29 is 0 Å². The standard InChI is InChI=1S/C24H24Cl2N2.ClH/c1-16-4-8-19(9-5-16)14-27-18(3)28(15-20-10-6-17(2)7-11-20)24-13-22(26)21(25)12-23(24)27;/h4-13,18H,14-15H2,1-3H3;1H. The van der Waals surface area contributed by atoms with Crippen molar-refractivity contribution in [2.45, 2.75) is 40.0 Å². The summed E-state index contributed by atoms with van der Waals surface area (Å²) in [6, 6.07) is 21.4. The fourth-order valence-corrected chi connectivity index (χ4v) is 4.09. The maximum Gasteiger partial charge on any atom is 0.0995 e. The zero-order chi connectivity index (χ0) is 19.8. The molecule has 0 bridgehead atoms. The van der Waals surface area contributed by atoms with Crippen LogP contribution in [0.3, 0.4) is 0 Å². The molecule has 1 aliphatic rings. The first-order valence-corrected chi connectivity index (χ1v) is 10.3. The van der Waals surface area contributed by atoms with Crippen LogP contribution in [0.25, 0.3) is 0 Å². The number of benzene rings is 3. The molecule has 3 aromatic carbocycles. The smallest absolute Gasteiger partial charge is 0.0995 e. The first kappa shape index (κ1) is 21.8. The van der Waals surface area contributed by atoms with Crippen molar-refractivity contribution in [3.8, 4) is 0 Å². The van der Waals surface area contributed by atoms with E-state index < -0.39 is 0 Å². The van der Waals surface area contributed by atoms with E-state index in [1.54, 1.807) is 0 Å². The van der Waals surface area contributed by atoms with E-state index >= 15 is 0 Å². The van der Waals surface area contributed by atoms with E-state index in [0.717, 1.165) is 24.5 Å². The van der Waals surface area contributed by atoms with E-state index in [9.17, 15) is 0 Å². The van der Waals surface area contributed by atoms with Crippen LogP contribution >= 0.6 is 35.6 Å². The Bertz CT molecular complexity index is 904. The van der Waals surface area contributed by atoms with Gasteiger partial charge in [0.1, 0.15) is 0 Å². The number of halogens is 3. The second kappa shape index (κ2) is 8.87. The van der Waals surface area contributed by atoms with Gasteiger partial charge in [0.25, 0.3) is 0 Å². The molecule has 0 spiro atoms. The Labute approximate surface area is 189 Å². The second-order valence-electron chi connectivity index (χ2n) is 7.61. The zero-order valence-corrected chi connectivity index (χ0v) is 19.2. The fourth-order valence-electron chi connectivity index (χ4n) is 3.77. The summed E-state index contributed by atoms with van der Waals surface area (Å²) >= 11 is 12.8. The number of aryl methyl sites for hydroxylation is 2. The monoisotopic (exact) mass is 446 g/mol. The van der Waals surface area contributed by atoms with Crippen LogP contribution in [0, 0.1) is 13.8 Å². The molecule has 0 aromatic heterocycles. The highest BCUT2D eigenvalue weighted by Crippen LogP contribution is 2.45. The van der Waals surface area contributed by atoms with Gasteiger partial charge in [0.15, 0.2) is 0 Å². The minimum Gasteiger partial charge on any atom is -0.345 e. The molecule has 29 heavy (non-hydrogen) atoms. The highest BCUT2D eigenvalue weighted by atomic mass is 35.5. The van der Waals surface area contributed by atoms with Crippen LogP contribution in [0.1, 0.15) is 29.2 Å². The lowest BCUT2D eigenvalue weighted by Crippen LogP contribution is -2.40. The molecule has 1 heterocycles. The van der Waals surface area contributed by atoms with Gasteiger partial charge in [0.2, 0.25) is 0 Å². The van der Waals surface area contributed by atoms with E-state index in [2.05, 4.69) is 79.1 Å². The van der Waals surface area contributed by atoms with Crippen molar-refractivity contribution in [3.63, 3.8) is 0 Å². The van der Waals surface area contributed by atoms with Gasteiger partial charge >= 0.3 is 0 Å².